The van der Waals surface area contributed by atoms with E-state index < -0.39 is 33.8 Å². The minimum Gasteiger partial charge on any atom is -0.497 e. The van der Waals surface area contributed by atoms with Gasteiger partial charge in [-0.3, -0.25) is 25.2 Å². The molecule has 0 saturated carbocycles. The molecule has 0 aliphatic carbocycles. The number of aromatic nitrogens is 1. The Kier molecular flexibility index (Phi) is 8.72. The Labute approximate surface area is 230 Å². The molecule has 0 spiro atoms. The fourth-order valence-corrected chi connectivity index (χ4v) is 5.16. The highest BCUT2D eigenvalue weighted by Crippen LogP contribution is 2.24. The van der Waals surface area contributed by atoms with Crippen LogP contribution in [0.25, 0.3) is 22.2 Å². The maximum absolute atomic E-state index is 13.2. The number of carbonyl (C=O) groups is 3. The highest BCUT2D eigenvalue weighted by Gasteiger charge is 2.27. The van der Waals surface area contributed by atoms with Crippen LogP contribution in [0.5, 0.6) is 5.75 Å². The number of hydrazine groups is 1. The van der Waals surface area contributed by atoms with E-state index in [1.807, 2.05) is 30.3 Å². The molecule has 12 heteroatoms. The Morgan fingerprint density at radius 1 is 0.925 bits per heavy atom. The third-order valence-corrected chi connectivity index (χ3v) is 7.48. The molecule has 0 aliphatic heterocycles. The van der Waals surface area contributed by atoms with Gasteiger partial charge in [0.15, 0.2) is 0 Å². The first-order valence-corrected chi connectivity index (χ1v) is 13.7. The van der Waals surface area contributed by atoms with Crippen molar-refractivity contribution in [2.75, 3.05) is 7.11 Å². The number of amides is 3. The molecule has 11 nitrogen and oxygen atoms in total. The Morgan fingerprint density at radius 2 is 1.60 bits per heavy atom. The summed E-state index contributed by atoms with van der Waals surface area (Å²) >= 11 is 0. The summed E-state index contributed by atoms with van der Waals surface area (Å²) in [5, 5.41) is 0.555. The summed E-state index contributed by atoms with van der Waals surface area (Å²) in [6.45, 7) is 0. The van der Waals surface area contributed by atoms with E-state index in [2.05, 4.69) is 20.6 Å². The zero-order chi connectivity index (χ0) is 28.7. The molecule has 0 fully saturated rings. The fourth-order valence-electron chi connectivity index (χ4n) is 3.93. The number of nitrogens with zero attached hydrogens (tertiary/aromatic N) is 1. The van der Waals surface area contributed by atoms with Gasteiger partial charge in [-0.1, -0.05) is 48.5 Å². The zero-order valence-corrected chi connectivity index (χ0v) is 22.3. The number of nitrogens with one attached hydrogen (secondary N) is 3. The fraction of sp³-hybridized carbons (Fsp3) is 0.143. The number of para-hydroxylation sites is 1. The molecule has 40 heavy (non-hydrogen) atoms. The van der Waals surface area contributed by atoms with Crippen LogP contribution in [0.15, 0.2) is 89.8 Å². The van der Waals surface area contributed by atoms with Crippen LogP contribution in [0.1, 0.15) is 23.2 Å². The summed E-state index contributed by atoms with van der Waals surface area (Å²) < 4.78 is 33.2. The summed E-state index contributed by atoms with van der Waals surface area (Å²) in [5.41, 5.74) is 12.0. The van der Waals surface area contributed by atoms with E-state index in [0.29, 0.717) is 22.3 Å². The van der Waals surface area contributed by atoms with E-state index in [-0.39, 0.29) is 23.3 Å². The number of nitrogens with two attached hydrogens (primary N) is 1. The van der Waals surface area contributed by atoms with Crippen LogP contribution in [0.4, 0.5) is 0 Å². The van der Waals surface area contributed by atoms with Crippen LogP contribution < -0.4 is 26.0 Å². The van der Waals surface area contributed by atoms with Crippen molar-refractivity contribution in [2.45, 2.75) is 23.8 Å². The van der Waals surface area contributed by atoms with Crippen LogP contribution >= 0.6 is 0 Å². The number of fused-ring (bicyclic) bond motifs is 1. The lowest BCUT2D eigenvalue weighted by Crippen LogP contribution is -2.52. The molecule has 0 aliphatic rings. The van der Waals surface area contributed by atoms with Gasteiger partial charge in [0.2, 0.25) is 15.9 Å². The Bertz CT molecular complexity index is 1640. The van der Waals surface area contributed by atoms with E-state index >= 15 is 0 Å². The van der Waals surface area contributed by atoms with Crippen molar-refractivity contribution in [1.82, 2.24) is 20.6 Å². The van der Waals surface area contributed by atoms with Gasteiger partial charge in [-0.2, -0.15) is 4.72 Å². The lowest BCUT2D eigenvalue weighted by molar-refractivity contribution is -0.124. The second-order valence-corrected chi connectivity index (χ2v) is 10.4. The number of sulfonamides is 1. The van der Waals surface area contributed by atoms with Crippen LogP contribution in [0.3, 0.4) is 0 Å². The number of carbonyl (C=O) groups excluding carboxylic acids is 3. The van der Waals surface area contributed by atoms with E-state index in [9.17, 15) is 22.8 Å². The van der Waals surface area contributed by atoms with Crippen molar-refractivity contribution in [3.63, 3.8) is 0 Å². The molecular formula is C28H27N5O6S. The van der Waals surface area contributed by atoms with Crippen LogP contribution in [0, 0.1) is 0 Å². The highest BCUT2D eigenvalue weighted by atomic mass is 32.2. The molecule has 206 valence electrons. The second kappa shape index (κ2) is 12.4. The zero-order valence-electron chi connectivity index (χ0n) is 21.5. The van der Waals surface area contributed by atoms with Crippen molar-refractivity contribution >= 4 is 38.6 Å². The number of primary amides is 1. The van der Waals surface area contributed by atoms with Crippen molar-refractivity contribution in [2.24, 2.45) is 5.73 Å². The van der Waals surface area contributed by atoms with Gasteiger partial charge in [0, 0.05) is 17.4 Å². The topological polar surface area (TPSA) is 170 Å². The number of benzene rings is 3. The predicted molar refractivity (Wildman–Crippen MR) is 148 cm³/mol. The molecule has 1 heterocycles. The summed E-state index contributed by atoms with van der Waals surface area (Å²) in [7, 11) is -2.73. The molecule has 4 rings (SSSR count). The van der Waals surface area contributed by atoms with Gasteiger partial charge in [0.05, 0.1) is 28.8 Å². The molecular weight excluding hydrogens is 534 g/mol. The normalized spacial score (nSPS) is 11.9. The first kappa shape index (κ1) is 28.2. The van der Waals surface area contributed by atoms with Crippen molar-refractivity contribution < 1.29 is 27.5 Å². The minimum absolute atomic E-state index is 0.120. The summed E-state index contributed by atoms with van der Waals surface area (Å²) in [5.74, 6) is -1.80. The average molecular weight is 562 g/mol. The SMILES string of the molecule is COc1ccc(S(=O)(=O)N[C@H](CCC(N)=O)C(=O)NNC(=O)c2cc(-c3ccccc3)nc3ccccc23)cc1. The number of pyridine rings is 1. The summed E-state index contributed by atoms with van der Waals surface area (Å²) in [6, 6.07) is 22.1. The quantitative estimate of drug-likeness (QED) is 0.215. The van der Waals surface area contributed by atoms with Crippen LogP contribution in [0.2, 0.25) is 0 Å². The van der Waals surface area contributed by atoms with Gasteiger partial charge in [0.1, 0.15) is 11.8 Å². The Hall–Kier alpha value is -4.81. The minimum atomic E-state index is -4.17. The Balaban J connectivity index is 1.54. The third kappa shape index (κ3) is 6.79. The van der Waals surface area contributed by atoms with Gasteiger partial charge in [-0.25, -0.2) is 13.4 Å². The first-order chi connectivity index (χ1) is 19.2. The molecule has 4 aromatic rings. The summed E-state index contributed by atoms with van der Waals surface area (Å²) in [4.78, 5) is 42.1. The molecule has 0 unspecified atom stereocenters. The lowest BCUT2D eigenvalue weighted by atomic mass is 10.0. The number of rotatable bonds is 10. The smallest absolute Gasteiger partial charge is 0.270 e. The van der Waals surface area contributed by atoms with E-state index in [4.69, 9.17) is 10.5 Å². The number of hydrogen-bond acceptors (Lipinski definition) is 7. The highest BCUT2D eigenvalue weighted by molar-refractivity contribution is 7.89. The molecule has 1 atom stereocenters. The van der Waals surface area contributed by atoms with Gasteiger partial charge >= 0.3 is 0 Å². The first-order valence-electron chi connectivity index (χ1n) is 12.2. The van der Waals surface area contributed by atoms with E-state index in [1.165, 1.54) is 31.4 Å². The lowest BCUT2D eigenvalue weighted by Gasteiger charge is -2.19. The number of methoxy groups -OCH3 is 1. The van der Waals surface area contributed by atoms with Gasteiger partial charge < -0.3 is 10.5 Å². The predicted octanol–water partition coefficient (Wildman–Crippen LogP) is 2.28. The standard InChI is InChI=1S/C28H27N5O6S/c1-39-19-11-13-20(14-12-19)40(37,38)33-24(15-16-26(29)34)28(36)32-31-27(35)22-17-25(18-7-3-2-4-8-18)30-23-10-6-5-9-21(22)23/h2-14,17,24,33H,15-16H2,1H3,(H2,29,34)(H,31,35)(H,32,36)/t24-/m1/s1. The van der Waals surface area contributed by atoms with Crippen molar-refractivity contribution in [3.8, 4) is 17.0 Å². The molecule has 0 saturated heterocycles. The molecule has 1 aromatic heterocycles. The maximum Gasteiger partial charge on any atom is 0.270 e. The van der Waals surface area contributed by atoms with Gasteiger partial charge in [-0.05, 0) is 42.8 Å². The monoisotopic (exact) mass is 561 g/mol. The van der Waals surface area contributed by atoms with Crippen LogP contribution in [-0.2, 0) is 19.6 Å². The third-order valence-electron chi connectivity index (χ3n) is 5.99. The van der Waals surface area contributed by atoms with Crippen molar-refractivity contribution in [1.29, 1.82) is 0 Å². The van der Waals surface area contributed by atoms with Crippen LogP contribution in [-0.4, -0.2) is 44.3 Å². The maximum atomic E-state index is 13.2. The second-order valence-electron chi connectivity index (χ2n) is 8.74. The summed E-state index contributed by atoms with van der Waals surface area (Å²) in [6.07, 6.45) is -0.505. The van der Waals surface area contributed by atoms with E-state index in [0.717, 1.165) is 5.56 Å². The Morgan fingerprint density at radius 3 is 2.27 bits per heavy atom. The van der Waals surface area contributed by atoms with Gasteiger partial charge in [-0.15, -0.1) is 0 Å². The average Bonchev–Trinajstić information content (AvgIpc) is 2.97. The molecule has 3 amide bonds. The number of hydrogen-bond donors (Lipinski definition) is 4. The van der Waals surface area contributed by atoms with E-state index in [1.54, 1.807) is 30.3 Å². The van der Waals surface area contributed by atoms with Crippen molar-refractivity contribution in [3.05, 3.63) is 90.5 Å². The molecule has 0 bridgehead atoms. The van der Waals surface area contributed by atoms with Gasteiger partial charge in [0.25, 0.3) is 11.8 Å². The molecule has 3 aromatic carbocycles. The number of ether oxygens (including phenoxy) is 1. The molecule has 0 radical (unpaired) electrons. The largest absolute Gasteiger partial charge is 0.497 e. The molecule has 5 N–H and O–H groups in total.